The summed E-state index contributed by atoms with van der Waals surface area (Å²) >= 11 is 0.936. The van der Waals surface area contributed by atoms with Crippen LogP contribution in [0.5, 0.6) is 0 Å². The molecule has 7 N–H and O–H groups in total. The fourth-order valence-electron chi connectivity index (χ4n) is 2.33. The molecule has 1 amide bonds. The Morgan fingerprint density at radius 1 is 1.19 bits per heavy atom. The molecule has 10 nitrogen and oxygen atoms in total. The molecule has 13 heteroatoms. The number of carbonyl (C=O) groups is 1. The summed E-state index contributed by atoms with van der Waals surface area (Å²) < 4.78 is 37.7. The van der Waals surface area contributed by atoms with Gasteiger partial charge in [-0.3, -0.25) is 9.36 Å². The van der Waals surface area contributed by atoms with Crippen molar-refractivity contribution in [2.24, 2.45) is 11.5 Å². The first-order valence-electron chi connectivity index (χ1n) is 7.84. The Labute approximate surface area is 160 Å². The summed E-state index contributed by atoms with van der Waals surface area (Å²) in [6, 6.07) is 6.13. The normalized spacial score (nSPS) is 12.4. The Morgan fingerprint density at radius 2 is 1.81 bits per heavy atom. The van der Waals surface area contributed by atoms with Gasteiger partial charge in [0.15, 0.2) is 0 Å². The predicted molar refractivity (Wildman–Crippen MR) is 103 cm³/mol. The second-order valence-corrected chi connectivity index (χ2v) is 10.4. The molecular weight excluding hydrogens is 415 g/mol. The zero-order valence-electron chi connectivity index (χ0n) is 14.2. The molecule has 0 atom stereocenters. The number of hydrogen-bond donors (Lipinski definition) is 5. The van der Waals surface area contributed by atoms with E-state index in [1.165, 1.54) is 11.0 Å². The van der Waals surface area contributed by atoms with Crippen molar-refractivity contribution in [1.29, 1.82) is 0 Å². The highest BCUT2D eigenvalue weighted by Crippen LogP contribution is 2.34. The molecule has 0 bridgehead atoms. The van der Waals surface area contributed by atoms with E-state index in [9.17, 15) is 17.8 Å². The number of nitrogens with two attached hydrogens (primary N) is 2. The summed E-state index contributed by atoms with van der Waals surface area (Å²) in [7, 11) is -8.59. The third kappa shape index (κ3) is 5.80. The second-order valence-electron chi connectivity index (χ2n) is 5.66. The number of amides is 1. The lowest BCUT2D eigenvalue weighted by atomic mass is 10.1. The maximum atomic E-state index is 12.6. The number of benzene rings is 1. The van der Waals surface area contributed by atoms with E-state index in [1.807, 2.05) is 4.72 Å². The average Bonchev–Trinajstić information content (AvgIpc) is 3.03. The van der Waals surface area contributed by atoms with Crippen LogP contribution in [0.4, 0.5) is 0 Å². The maximum Gasteiger partial charge on any atom is 0.340 e. The van der Waals surface area contributed by atoms with Crippen molar-refractivity contribution >= 4 is 44.9 Å². The van der Waals surface area contributed by atoms with E-state index in [0.717, 1.165) is 11.3 Å². The van der Waals surface area contributed by atoms with Gasteiger partial charge in [0, 0.05) is 36.4 Å². The van der Waals surface area contributed by atoms with Crippen LogP contribution in [0.25, 0.3) is 10.1 Å². The van der Waals surface area contributed by atoms with Crippen LogP contribution in [0.3, 0.4) is 0 Å². The van der Waals surface area contributed by atoms with Gasteiger partial charge in [-0.25, -0.2) is 8.42 Å². The van der Waals surface area contributed by atoms with Gasteiger partial charge in [0.2, 0.25) is 0 Å². The molecule has 0 aliphatic carbocycles. The molecule has 0 aliphatic rings. The fourth-order valence-corrected chi connectivity index (χ4v) is 5.77. The largest absolute Gasteiger partial charge is 0.340 e. The van der Waals surface area contributed by atoms with E-state index in [4.69, 9.17) is 21.3 Å². The van der Waals surface area contributed by atoms with E-state index >= 15 is 0 Å². The average molecular weight is 436 g/mol. The molecule has 2 aromatic rings. The molecule has 0 spiro atoms. The number of thiophene rings is 1. The lowest BCUT2D eigenvalue weighted by Crippen LogP contribution is -2.38. The standard InChI is InChI=1S/C14H21N4O6PS2/c15-3-5-18(6-4-16)14(19)10-1-2-12-11(7-10)8-13(26-12)27(23,24)17-9-25(20,21)22/h1-2,7-8,17H,3-6,9,15-16H2,(H2,20,21,22). The van der Waals surface area contributed by atoms with Gasteiger partial charge in [-0.1, -0.05) is 0 Å². The van der Waals surface area contributed by atoms with Crippen molar-refractivity contribution in [1.82, 2.24) is 9.62 Å². The molecule has 1 aromatic heterocycles. The van der Waals surface area contributed by atoms with Gasteiger partial charge in [-0.05, 0) is 29.7 Å². The first-order valence-corrected chi connectivity index (χ1v) is 11.9. The summed E-state index contributed by atoms with van der Waals surface area (Å²) in [5.41, 5.74) is 11.4. The van der Waals surface area contributed by atoms with Crippen molar-refractivity contribution in [2.45, 2.75) is 4.21 Å². The molecular formula is C14H21N4O6PS2. The Hall–Kier alpha value is -1.37. The molecule has 1 aromatic carbocycles. The molecule has 27 heavy (non-hydrogen) atoms. The molecule has 0 saturated heterocycles. The summed E-state index contributed by atoms with van der Waals surface area (Å²) in [6.45, 7) is 1.29. The van der Waals surface area contributed by atoms with E-state index < -0.39 is 23.9 Å². The first-order chi connectivity index (χ1) is 12.6. The van der Waals surface area contributed by atoms with E-state index in [2.05, 4.69) is 0 Å². The summed E-state index contributed by atoms with van der Waals surface area (Å²) in [5, 5.41) is 0.530. The van der Waals surface area contributed by atoms with Crippen LogP contribution >= 0.6 is 18.9 Å². The lowest BCUT2D eigenvalue weighted by Gasteiger charge is -2.21. The van der Waals surface area contributed by atoms with Gasteiger partial charge in [-0.2, -0.15) is 4.72 Å². The van der Waals surface area contributed by atoms with Gasteiger partial charge in [-0.15, -0.1) is 11.3 Å². The van der Waals surface area contributed by atoms with Gasteiger partial charge in [0.25, 0.3) is 15.9 Å². The maximum absolute atomic E-state index is 12.6. The summed E-state index contributed by atoms with van der Waals surface area (Å²) in [6.07, 6.45) is -0.986. The van der Waals surface area contributed by atoms with Crippen LogP contribution in [0.15, 0.2) is 28.5 Å². The predicted octanol–water partition coefficient (Wildman–Crippen LogP) is -0.326. The van der Waals surface area contributed by atoms with Crippen molar-refractivity contribution < 1.29 is 27.6 Å². The topological polar surface area (TPSA) is 176 Å². The smallest absolute Gasteiger partial charge is 0.336 e. The molecule has 0 unspecified atom stereocenters. The third-order valence-electron chi connectivity index (χ3n) is 3.55. The highest BCUT2D eigenvalue weighted by molar-refractivity contribution is 7.92. The Morgan fingerprint density at radius 3 is 2.37 bits per heavy atom. The number of sulfonamides is 1. The quantitative estimate of drug-likeness (QED) is 0.332. The van der Waals surface area contributed by atoms with Gasteiger partial charge in [0.05, 0.1) is 0 Å². The fraction of sp³-hybridized carbons (Fsp3) is 0.357. The zero-order valence-corrected chi connectivity index (χ0v) is 16.8. The number of rotatable bonds is 9. The van der Waals surface area contributed by atoms with Crippen LogP contribution in [0.2, 0.25) is 0 Å². The van der Waals surface area contributed by atoms with Crippen molar-refractivity contribution in [3.8, 4) is 0 Å². The zero-order chi connectivity index (χ0) is 20.2. The number of nitrogens with zero attached hydrogens (tertiary/aromatic N) is 1. The second kappa shape index (κ2) is 8.76. The number of carbonyl (C=O) groups excluding carboxylic acids is 1. The van der Waals surface area contributed by atoms with Gasteiger partial charge >= 0.3 is 7.60 Å². The van der Waals surface area contributed by atoms with Crippen LogP contribution in [-0.4, -0.2) is 61.5 Å². The highest BCUT2D eigenvalue weighted by atomic mass is 32.2. The molecule has 150 valence electrons. The van der Waals surface area contributed by atoms with Crippen LogP contribution in [-0.2, 0) is 14.6 Å². The SMILES string of the molecule is NCCN(CCN)C(=O)c1ccc2sc(S(=O)(=O)NCP(=O)(O)O)cc2c1. The molecule has 0 aliphatic heterocycles. The minimum atomic E-state index is -4.52. The van der Waals surface area contributed by atoms with Gasteiger partial charge in [0.1, 0.15) is 10.5 Å². The number of nitrogens with one attached hydrogen (secondary N) is 1. The monoisotopic (exact) mass is 436 g/mol. The molecule has 0 saturated carbocycles. The Kier molecular flexibility index (Phi) is 7.11. The minimum absolute atomic E-state index is 0.101. The molecule has 1 heterocycles. The van der Waals surface area contributed by atoms with Crippen LogP contribution in [0.1, 0.15) is 10.4 Å². The van der Waals surface area contributed by atoms with Crippen molar-refractivity contribution in [3.63, 3.8) is 0 Å². The van der Waals surface area contributed by atoms with Crippen molar-refractivity contribution in [3.05, 3.63) is 29.8 Å². The summed E-state index contributed by atoms with van der Waals surface area (Å²) in [5.74, 6) is -0.261. The number of fused-ring (bicyclic) bond motifs is 1. The Bertz CT molecular complexity index is 965. The van der Waals surface area contributed by atoms with Crippen molar-refractivity contribution in [2.75, 3.05) is 32.5 Å². The Balaban J connectivity index is 2.31. The molecule has 0 radical (unpaired) electrons. The van der Waals surface area contributed by atoms with E-state index in [-0.39, 0.29) is 10.1 Å². The number of hydrogen-bond acceptors (Lipinski definition) is 7. The van der Waals surface area contributed by atoms with Crippen LogP contribution < -0.4 is 16.2 Å². The molecule has 2 rings (SSSR count). The minimum Gasteiger partial charge on any atom is -0.336 e. The first kappa shape index (κ1) is 21.9. The lowest BCUT2D eigenvalue weighted by molar-refractivity contribution is 0.0765. The van der Waals surface area contributed by atoms with Gasteiger partial charge < -0.3 is 26.2 Å². The third-order valence-corrected chi connectivity index (χ3v) is 7.33. The molecule has 0 fully saturated rings. The summed E-state index contributed by atoms with van der Waals surface area (Å²) in [4.78, 5) is 31.8. The van der Waals surface area contributed by atoms with E-state index in [0.29, 0.717) is 41.8 Å². The van der Waals surface area contributed by atoms with E-state index in [1.54, 1.807) is 18.2 Å². The highest BCUT2D eigenvalue weighted by Gasteiger charge is 2.23. The van der Waals surface area contributed by atoms with Crippen LogP contribution in [0, 0.1) is 0 Å².